The Morgan fingerprint density at radius 3 is 2.30 bits per heavy atom. The molecule has 0 saturated carbocycles. The van der Waals surface area contributed by atoms with Crippen molar-refractivity contribution in [3.05, 3.63) is 35.9 Å². The highest BCUT2D eigenvalue weighted by Crippen LogP contribution is 2.36. The smallest absolute Gasteiger partial charge is 0.295 e. The van der Waals surface area contributed by atoms with Gasteiger partial charge in [-0.3, -0.25) is 4.90 Å². The minimum absolute atomic E-state index is 0.101. The van der Waals surface area contributed by atoms with Crippen LogP contribution in [0.3, 0.4) is 0 Å². The lowest BCUT2D eigenvalue weighted by atomic mass is 9.93. The van der Waals surface area contributed by atoms with E-state index >= 15 is 0 Å². The number of rotatable bonds is 3. The van der Waals surface area contributed by atoms with Crippen molar-refractivity contribution >= 4 is 0 Å². The van der Waals surface area contributed by atoms with Crippen LogP contribution in [0, 0.1) is 17.2 Å². The number of nitrogens with zero attached hydrogens (tertiary/aromatic N) is 2. The molecule has 1 heterocycles. The Morgan fingerprint density at radius 1 is 1.20 bits per heavy atom. The number of alkyl halides is 3. The lowest BCUT2D eigenvalue weighted by Crippen LogP contribution is -2.40. The molecule has 2 nitrogen and oxygen atoms in total. The first-order chi connectivity index (χ1) is 9.52. The molecule has 0 aromatic heterocycles. The second-order valence-electron chi connectivity index (χ2n) is 5.14. The first-order valence-corrected chi connectivity index (χ1v) is 6.75. The molecule has 0 aliphatic carbocycles. The van der Waals surface area contributed by atoms with Crippen molar-refractivity contribution in [1.29, 1.82) is 5.26 Å². The number of benzene rings is 1. The van der Waals surface area contributed by atoms with Gasteiger partial charge in [0.1, 0.15) is 0 Å². The van der Waals surface area contributed by atoms with Gasteiger partial charge in [-0.2, -0.15) is 18.4 Å². The molecule has 1 fully saturated rings. The number of nitriles is 1. The Morgan fingerprint density at radius 2 is 1.80 bits per heavy atom. The van der Waals surface area contributed by atoms with Gasteiger partial charge < -0.3 is 0 Å². The topological polar surface area (TPSA) is 27.0 Å². The van der Waals surface area contributed by atoms with Crippen LogP contribution in [0.2, 0.25) is 0 Å². The minimum Gasteiger partial charge on any atom is -0.295 e. The Hall–Kier alpha value is -1.54. The highest BCUT2D eigenvalue weighted by atomic mass is 19.4. The van der Waals surface area contributed by atoms with Crippen molar-refractivity contribution < 1.29 is 13.2 Å². The highest BCUT2D eigenvalue weighted by Gasteiger charge is 2.41. The average molecular weight is 282 g/mol. The van der Waals surface area contributed by atoms with E-state index in [4.69, 9.17) is 5.26 Å². The van der Waals surface area contributed by atoms with Gasteiger partial charge in [0.25, 0.3) is 0 Å². The van der Waals surface area contributed by atoms with E-state index < -0.39 is 12.1 Å². The average Bonchev–Trinajstić information content (AvgIpc) is 2.45. The molecule has 5 heteroatoms. The zero-order chi connectivity index (χ0) is 14.6. The maximum Gasteiger partial charge on any atom is 0.391 e. The number of hydrogen-bond donors (Lipinski definition) is 0. The van der Waals surface area contributed by atoms with Gasteiger partial charge in [0, 0.05) is 6.04 Å². The maximum atomic E-state index is 12.7. The van der Waals surface area contributed by atoms with Crippen molar-refractivity contribution in [3.63, 3.8) is 0 Å². The molecule has 108 valence electrons. The predicted molar refractivity (Wildman–Crippen MR) is 69.8 cm³/mol. The molecule has 1 saturated heterocycles. The molecule has 1 unspecified atom stereocenters. The van der Waals surface area contributed by atoms with Gasteiger partial charge in [0.2, 0.25) is 0 Å². The molecular weight excluding hydrogens is 265 g/mol. The van der Waals surface area contributed by atoms with Crippen LogP contribution < -0.4 is 0 Å². The maximum absolute atomic E-state index is 12.7. The number of piperidine rings is 1. The second kappa shape index (κ2) is 6.27. The Balaban J connectivity index is 2.05. The highest BCUT2D eigenvalue weighted by molar-refractivity contribution is 5.20. The number of halogens is 3. The molecule has 0 bridgehead atoms. The lowest BCUT2D eigenvalue weighted by molar-refractivity contribution is -0.186. The zero-order valence-corrected chi connectivity index (χ0v) is 11.1. The first kappa shape index (κ1) is 14.9. The molecule has 1 aromatic carbocycles. The fourth-order valence-electron chi connectivity index (χ4n) is 2.76. The molecule has 0 spiro atoms. The van der Waals surface area contributed by atoms with Gasteiger partial charge in [0.15, 0.2) is 0 Å². The number of likely N-dealkylation sites (tertiary alicyclic amines) is 1. The molecule has 0 radical (unpaired) electrons. The summed E-state index contributed by atoms with van der Waals surface area (Å²) in [6.45, 7) is 0.789. The van der Waals surface area contributed by atoms with Gasteiger partial charge in [0.05, 0.1) is 18.4 Å². The largest absolute Gasteiger partial charge is 0.391 e. The van der Waals surface area contributed by atoms with E-state index in [1.807, 2.05) is 35.2 Å². The lowest BCUT2D eigenvalue weighted by Gasteiger charge is -2.37. The van der Waals surface area contributed by atoms with Crippen LogP contribution in [-0.4, -0.2) is 24.2 Å². The van der Waals surface area contributed by atoms with Crippen LogP contribution in [0.5, 0.6) is 0 Å². The molecule has 2 rings (SSSR count). The summed E-state index contributed by atoms with van der Waals surface area (Å²) in [5.41, 5.74) is 1.000. The summed E-state index contributed by atoms with van der Waals surface area (Å²) >= 11 is 0. The van der Waals surface area contributed by atoms with Crippen molar-refractivity contribution in [3.8, 4) is 6.07 Å². The van der Waals surface area contributed by atoms with Crippen molar-refractivity contribution in [2.75, 3.05) is 13.1 Å². The SMILES string of the molecule is N#CCC(c1ccccc1)N1CCC(C(F)(F)F)CC1. The Bertz CT molecular complexity index is 456. The van der Waals surface area contributed by atoms with E-state index in [1.165, 1.54) is 0 Å². The minimum atomic E-state index is -4.09. The van der Waals surface area contributed by atoms with E-state index in [0.29, 0.717) is 19.5 Å². The second-order valence-corrected chi connectivity index (χ2v) is 5.14. The summed E-state index contributed by atoms with van der Waals surface area (Å²) in [5, 5.41) is 8.95. The van der Waals surface area contributed by atoms with E-state index in [0.717, 1.165) is 5.56 Å². The summed E-state index contributed by atoms with van der Waals surface area (Å²) in [6.07, 6.45) is -3.54. The van der Waals surface area contributed by atoms with Gasteiger partial charge >= 0.3 is 6.18 Å². The molecule has 1 atom stereocenters. The molecule has 1 aromatic rings. The van der Waals surface area contributed by atoms with Crippen molar-refractivity contribution in [2.45, 2.75) is 31.5 Å². The molecule has 1 aliphatic heterocycles. The normalized spacial score (nSPS) is 19.5. The first-order valence-electron chi connectivity index (χ1n) is 6.75. The summed E-state index contributed by atoms with van der Waals surface area (Å²) < 4.78 is 38.0. The Kier molecular flexibility index (Phi) is 4.66. The van der Waals surface area contributed by atoms with Gasteiger partial charge in [-0.25, -0.2) is 0 Å². The summed E-state index contributed by atoms with van der Waals surface area (Å²) in [7, 11) is 0. The molecule has 0 amide bonds. The van der Waals surface area contributed by atoms with E-state index in [1.54, 1.807) is 0 Å². The third kappa shape index (κ3) is 3.51. The van der Waals surface area contributed by atoms with Crippen LogP contribution in [0.25, 0.3) is 0 Å². The van der Waals surface area contributed by atoms with Gasteiger partial charge in [-0.15, -0.1) is 0 Å². The van der Waals surface area contributed by atoms with Crippen LogP contribution in [-0.2, 0) is 0 Å². The van der Waals surface area contributed by atoms with E-state index in [9.17, 15) is 13.2 Å². The van der Waals surface area contributed by atoms with E-state index in [2.05, 4.69) is 6.07 Å². The zero-order valence-electron chi connectivity index (χ0n) is 11.1. The van der Waals surface area contributed by atoms with Crippen molar-refractivity contribution in [2.24, 2.45) is 5.92 Å². The van der Waals surface area contributed by atoms with Crippen LogP contribution in [0.4, 0.5) is 13.2 Å². The third-order valence-electron chi connectivity index (χ3n) is 3.90. The predicted octanol–water partition coefficient (Wildman–Crippen LogP) is 3.92. The Labute approximate surface area is 116 Å². The quantitative estimate of drug-likeness (QED) is 0.840. The van der Waals surface area contributed by atoms with Crippen LogP contribution >= 0.6 is 0 Å². The summed E-state index contributed by atoms with van der Waals surface area (Å²) in [4.78, 5) is 2.00. The number of hydrogen-bond acceptors (Lipinski definition) is 2. The van der Waals surface area contributed by atoms with Crippen molar-refractivity contribution in [1.82, 2.24) is 4.90 Å². The monoisotopic (exact) mass is 282 g/mol. The third-order valence-corrected chi connectivity index (χ3v) is 3.90. The molecular formula is C15H17F3N2. The standard InChI is InChI=1S/C15H17F3N2/c16-15(17,18)13-7-10-20(11-8-13)14(6-9-19)12-4-2-1-3-5-12/h1-5,13-14H,6-8,10-11H2. The van der Waals surface area contributed by atoms with E-state index in [-0.39, 0.29) is 18.9 Å². The summed E-state index contributed by atoms with van der Waals surface area (Å²) in [6, 6.07) is 11.6. The fraction of sp³-hybridized carbons (Fsp3) is 0.533. The molecule has 1 aliphatic rings. The van der Waals surface area contributed by atoms with Gasteiger partial charge in [-0.1, -0.05) is 30.3 Å². The van der Waals surface area contributed by atoms with Gasteiger partial charge in [-0.05, 0) is 31.5 Å². The molecule has 20 heavy (non-hydrogen) atoms. The van der Waals surface area contributed by atoms with Crippen LogP contribution in [0.15, 0.2) is 30.3 Å². The molecule has 0 N–H and O–H groups in total. The fourth-order valence-corrected chi connectivity index (χ4v) is 2.76. The summed E-state index contributed by atoms with van der Waals surface area (Å²) in [5.74, 6) is -1.20. The van der Waals surface area contributed by atoms with Crippen LogP contribution in [0.1, 0.15) is 30.9 Å².